The molecule has 2 aromatic rings. The Hall–Kier alpha value is -2.67. The maximum Gasteiger partial charge on any atom is 0.231 e. The number of carbonyl (C=O) groups excluding carboxylic acids is 2. The lowest BCUT2D eigenvalue weighted by molar-refractivity contribution is -0.132. The molecule has 2 aliphatic heterocycles. The predicted molar refractivity (Wildman–Crippen MR) is 119 cm³/mol. The quantitative estimate of drug-likeness (QED) is 0.659. The van der Waals surface area contributed by atoms with Gasteiger partial charge in [-0.3, -0.25) is 9.59 Å². The van der Waals surface area contributed by atoms with Gasteiger partial charge in [0.15, 0.2) is 0 Å². The summed E-state index contributed by atoms with van der Waals surface area (Å²) >= 11 is 0. The van der Waals surface area contributed by atoms with E-state index in [4.69, 9.17) is 4.74 Å². The third-order valence-electron chi connectivity index (χ3n) is 6.33. The molecule has 0 aliphatic carbocycles. The molecule has 0 spiro atoms. The van der Waals surface area contributed by atoms with Gasteiger partial charge in [0.05, 0.1) is 24.8 Å². The van der Waals surface area contributed by atoms with Gasteiger partial charge in [-0.05, 0) is 44.1 Å². The Bertz CT molecular complexity index is 853. The molecule has 0 bridgehead atoms. The highest BCUT2D eigenvalue weighted by atomic mass is 16.5. The van der Waals surface area contributed by atoms with E-state index in [0.29, 0.717) is 19.6 Å². The van der Waals surface area contributed by atoms with E-state index in [0.717, 1.165) is 57.4 Å². The van der Waals surface area contributed by atoms with Crippen LogP contribution in [0.2, 0.25) is 0 Å². The Kier molecular flexibility index (Phi) is 7.35. The molecule has 2 amide bonds. The molecule has 2 aliphatic rings. The lowest BCUT2D eigenvalue weighted by Gasteiger charge is -2.33. The van der Waals surface area contributed by atoms with E-state index in [1.807, 2.05) is 21.7 Å². The van der Waals surface area contributed by atoms with Crippen molar-refractivity contribution in [3.8, 4) is 0 Å². The number of nitrogens with zero attached hydrogens (tertiary/aromatic N) is 3. The van der Waals surface area contributed by atoms with Crippen molar-refractivity contribution in [2.45, 2.75) is 51.0 Å². The van der Waals surface area contributed by atoms with Crippen molar-refractivity contribution in [3.63, 3.8) is 0 Å². The standard InChI is InChI=1S/C24H32N4O3/c29-23(9-5-4-8-19-6-2-1-3-7-19)27-15-11-21(12-16-27)28-22(10-14-25-28)26-24(30)20-13-17-31-18-20/h1-3,6-7,10,14,20-21H,4-5,8-9,11-13,15-18H2,(H,26,30)/t20-/m0/s1. The Morgan fingerprint density at radius 3 is 2.61 bits per heavy atom. The summed E-state index contributed by atoms with van der Waals surface area (Å²) in [6, 6.07) is 12.5. The molecule has 7 heteroatoms. The van der Waals surface area contributed by atoms with Crippen molar-refractivity contribution in [3.05, 3.63) is 48.2 Å². The van der Waals surface area contributed by atoms with E-state index in [2.05, 4.69) is 34.7 Å². The van der Waals surface area contributed by atoms with Crippen molar-refractivity contribution < 1.29 is 14.3 Å². The molecule has 2 saturated heterocycles. The molecule has 0 radical (unpaired) electrons. The van der Waals surface area contributed by atoms with Crippen LogP contribution in [0.4, 0.5) is 5.82 Å². The van der Waals surface area contributed by atoms with E-state index in [1.165, 1.54) is 5.56 Å². The summed E-state index contributed by atoms with van der Waals surface area (Å²) in [6.07, 6.45) is 7.81. The van der Waals surface area contributed by atoms with Crippen LogP contribution in [0.5, 0.6) is 0 Å². The van der Waals surface area contributed by atoms with Gasteiger partial charge in [-0.15, -0.1) is 0 Å². The first-order valence-electron chi connectivity index (χ1n) is 11.4. The van der Waals surface area contributed by atoms with Crippen LogP contribution in [0.1, 0.15) is 50.1 Å². The maximum atomic E-state index is 12.6. The fourth-order valence-electron chi connectivity index (χ4n) is 4.44. The highest BCUT2D eigenvalue weighted by molar-refractivity contribution is 5.92. The molecular weight excluding hydrogens is 392 g/mol. The summed E-state index contributed by atoms with van der Waals surface area (Å²) < 4.78 is 7.23. The lowest BCUT2D eigenvalue weighted by Crippen LogP contribution is -2.39. The van der Waals surface area contributed by atoms with Crippen LogP contribution in [0, 0.1) is 5.92 Å². The third kappa shape index (κ3) is 5.73. The minimum atomic E-state index is -0.0790. The predicted octanol–water partition coefficient (Wildman–Crippen LogP) is 3.43. The molecule has 4 rings (SSSR count). The number of benzene rings is 1. The molecule has 1 aromatic heterocycles. The number of hydrogen-bond donors (Lipinski definition) is 1. The minimum absolute atomic E-state index is 0.00219. The van der Waals surface area contributed by atoms with Gasteiger partial charge in [0.2, 0.25) is 11.8 Å². The Balaban J connectivity index is 1.20. The van der Waals surface area contributed by atoms with Crippen molar-refractivity contribution in [1.82, 2.24) is 14.7 Å². The zero-order chi connectivity index (χ0) is 21.5. The average molecular weight is 425 g/mol. The minimum Gasteiger partial charge on any atom is -0.381 e. The fraction of sp³-hybridized carbons (Fsp3) is 0.542. The van der Waals surface area contributed by atoms with Crippen LogP contribution in [0.15, 0.2) is 42.6 Å². The van der Waals surface area contributed by atoms with Gasteiger partial charge in [-0.1, -0.05) is 30.3 Å². The summed E-state index contributed by atoms with van der Waals surface area (Å²) in [7, 11) is 0. The van der Waals surface area contributed by atoms with Crippen LogP contribution in [-0.4, -0.2) is 52.8 Å². The van der Waals surface area contributed by atoms with E-state index in [-0.39, 0.29) is 23.8 Å². The molecule has 1 aromatic carbocycles. The number of likely N-dealkylation sites (tertiary alicyclic amines) is 1. The molecule has 0 unspecified atom stereocenters. The van der Waals surface area contributed by atoms with Crippen LogP contribution in [0.25, 0.3) is 0 Å². The van der Waals surface area contributed by atoms with E-state index in [9.17, 15) is 9.59 Å². The van der Waals surface area contributed by atoms with E-state index in [1.54, 1.807) is 6.20 Å². The van der Waals surface area contributed by atoms with Crippen molar-refractivity contribution in [2.75, 3.05) is 31.6 Å². The number of aromatic nitrogens is 2. The zero-order valence-electron chi connectivity index (χ0n) is 18.0. The summed E-state index contributed by atoms with van der Waals surface area (Å²) in [5, 5.41) is 7.46. The second-order valence-corrected chi connectivity index (χ2v) is 8.52. The zero-order valence-corrected chi connectivity index (χ0v) is 18.0. The van der Waals surface area contributed by atoms with Gasteiger partial charge in [0.1, 0.15) is 5.82 Å². The van der Waals surface area contributed by atoms with Gasteiger partial charge in [0, 0.05) is 32.2 Å². The van der Waals surface area contributed by atoms with Crippen molar-refractivity contribution >= 4 is 17.6 Å². The Morgan fingerprint density at radius 2 is 1.87 bits per heavy atom. The smallest absolute Gasteiger partial charge is 0.231 e. The highest BCUT2D eigenvalue weighted by Crippen LogP contribution is 2.26. The van der Waals surface area contributed by atoms with Crippen molar-refractivity contribution in [1.29, 1.82) is 0 Å². The normalized spacial score (nSPS) is 19.5. The molecule has 0 saturated carbocycles. The topological polar surface area (TPSA) is 76.5 Å². The number of amides is 2. The Labute approximate surface area is 183 Å². The first-order valence-corrected chi connectivity index (χ1v) is 11.4. The number of rotatable bonds is 8. The number of anilines is 1. The highest BCUT2D eigenvalue weighted by Gasteiger charge is 2.27. The van der Waals surface area contributed by atoms with Crippen LogP contribution >= 0.6 is 0 Å². The molecule has 1 N–H and O–H groups in total. The van der Waals surface area contributed by atoms with Gasteiger partial charge in [-0.2, -0.15) is 5.10 Å². The number of unbranched alkanes of at least 4 members (excludes halogenated alkanes) is 1. The van der Waals surface area contributed by atoms with E-state index >= 15 is 0 Å². The van der Waals surface area contributed by atoms with Gasteiger partial charge < -0.3 is 15.0 Å². The van der Waals surface area contributed by atoms with Gasteiger partial charge >= 0.3 is 0 Å². The number of carbonyl (C=O) groups is 2. The van der Waals surface area contributed by atoms with Crippen LogP contribution in [0.3, 0.4) is 0 Å². The number of piperidine rings is 1. The van der Waals surface area contributed by atoms with Crippen LogP contribution in [-0.2, 0) is 20.7 Å². The second-order valence-electron chi connectivity index (χ2n) is 8.52. The Morgan fingerprint density at radius 1 is 1.06 bits per heavy atom. The third-order valence-corrected chi connectivity index (χ3v) is 6.33. The largest absolute Gasteiger partial charge is 0.381 e. The maximum absolute atomic E-state index is 12.6. The summed E-state index contributed by atoms with van der Waals surface area (Å²) in [4.78, 5) is 27.0. The molecule has 3 heterocycles. The number of aryl methyl sites for hydroxylation is 1. The number of hydrogen-bond acceptors (Lipinski definition) is 4. The summed E-state index contributed by atoms with van der Waals surface area (Å²) in [5.74, 6) is 0.913. The average Bonchev–Trinajstić information content (AvgIpc) is 3.50. The molecule has 2 fully saturated rings. The lowest BCUT2D eigenvalue weighted by atomic mass is 10.0. The molecule has 31 heavy (non-hydrogen) atoms. The molecule has 166 valence electrons. The van der Waals surface area contributed by atoms with Crippen LogP contribution < -0.4 is 5.32 Å². The number of ether oxygens (including phenoxy) is 1. The number of nitrogens with one attached hydrogen (secondary N) is 1. The first-order chi connectivity index (χ1) is 15.2. The van der Waals surface area contributed by atoms with Gasteiger partial charge in [0.25, 0.3) is 0 Å². The first kappa shape index (κ1) is 21.6. The van der Waals surface area contributed by atoms with E-state index < -0.39 is 0 Å². The van der Waals surface area contributed by atoms with Crippen molar-refractivity contribution in [2.24, 2.45) is 5.92 Å². The molecule has 1 atom stereocenters. The summed E-state index contributed by atoms with van der Waals surface area (Å²) in [6.45, 7) is 2.62. The monoisotopic (exact) mass is 424 g/mol. The summed E-state index contributed by atoms with van der Waals surface area (Å²) in [5.41, 5.74) is 1.33. The second kappa shape index (κ2) is 10.6. The van der Waals surface area contributed by atoms with Gasteiger partial charge in [-0.25, -0.2) is 4.68 Å². The fourth-order valence-corrected chi connectivity index (χ4v) is 4.44. The SMILES string of the molecule is O=C(Nc1ccnn1C1CCN(C(=O)CCCCc2ccccc2)CC1)[C@H]1CCOC1. The molecular formula is C24H32N4O3. The molecule has 7 nitrogen and oxygen atoms in total.